The molecule has 7 heteroatoms. The second kappa shape index (κ2) is 4.95. The van der Waals surface area contributed by atoms with Crippen molar-refractivity contribution in [1.29, 1.82) is 0 Å². The van der Waals surface area contributed by atoms with Crippen LogP contribution < -0.4 is 0 Å². The third kappa shape index (κ3) is 2.28. The van der Waals surface area contributed by atoms with Crippen molar-refractivity contribution in [3.63, 3.8) is 0 Å². The predicted molar refractivity (Wildman–Crippen MR) is 81.1 cm³/mol. The van der Waals surface area contributed by atoms with Crippen molar-refractivity contribution in [1.82, 2.24) is 9.55 Å². The zero-order chi connectivity index (χ0) is 14.4. The number of nitrogens with zero attached hydrogens (tertiary/aromatic N) is 1. The van der Waals surface area contributed by atoms with Gasteiger partial charge in [-0.25, -0.2) is 8.78 Å². The van der Waals surface area contributed by atoms with Gasteiger partial charge >= 0.3 is 0 Å². The lowest BCUT2D eigenvalue weighted by molar-refractivity contribution is 0.622. The van der Waals surface area contributed by atoms with Crippen molar-refractivity contribution >= 4 is 50.8 Å². The third-order valence-electron chi connectivity index (χ3n) is 2.83. The fourth-order valence-corrected chi connectivity index (χ4v) is 2.89. The van der Waals surface area contributed by atoms with Gasteiger partial charge < -0.3 is 4.98 Å². The molecule has 0 atom stereocenters. The van der Waals surface area contributed by atoms with E-state index in [0.717, 1.165) is 0 Å². The van der Waals surface area contributed by atoms with E-state index in [-0.39, 0.29) is 5.02 Å². The van der Waals surface area contributed by atoms with Gasteiger partial charge in [-0.2, -0.15) is 0 Å². The Morgan fingerprint density at radius 1 is 1.15 bits per heavy atom. The molecule has 102 valence electrons. The molecule has 2 nitrogen and oxygen atoms in total. The molecular formula is C13H6BrClF2N2S. The van der Waals surface area contributed by atoms with E-state index in [1.165, 1.54) is 18.2 Å². The van der Waals surface area contributed by atoms with Gasteiger partial charge in [0.15, 0.2) is 4.77 Å². The summed E-state index contributed by atoms with van der Waals surface area (Å²) in [4.78, 5) is 2.88. The van der Waals surface area contributed by atoms with Crippen LogP contribution in [0.4, 0.5) is 8.78 Å². The number of fused-ring (bicyclic) bond motifs is 1. The number of benzene rings is 2. The molecule has 0 aliphatic carbocycles. The minimum atomic E-state index is -0.468. The number of aromatic amines is 1. The van der Waals surface area contributed by atoms with Crippen molar-refractivity contribution in [2.45, 2.75) is 0 Å². The van der Waals surface area contributed by atoms with Crippen molar-refractivity contribution in [2.24, 2.45) is 0 Å². The maximum absolute atomic E-state index is 13.5. The first-order valence-electron chi connectivity index (χ1n) is 5.52. The van der Waals surface area contributed by atoms with Crippen LogP contribution in [0.25, 0.3) is 16.7 Å². The van der Waals surface area contributed by atoms with Crippen LogP contribution in [0.1, 0.15) is 0 Å². The molecule has 0 aliphatic rings. The summed E-state index contributed by atoms with van der Waals surface area (Å²) in [6, 6.07) is 7.01. The molecular weight excluding hydrogens is 370 g/mol. The Hall–Kier alpha value is -1.24. The minimum absolute atomic E-state index is 0.262. The molecule has 1 N–H and O–H groups in total. The van der Waals surface area contributed by atoms with Crippen LogP contribution in [0.15, 0.2) is 34.8 Å². The van der Waals surface area contributed by atoms with Crippen molar-refractivity contribution in [3.05, 3.63) is 56.2 Å². The summed E-state index contributed by atoms with van der Waals surface area (Å²) in [6.45, 7) is 0. The third-order valence-corrected chi connectivity index (χ3v) is 3.94. The number of hydrogen-bond donors (Lipinski definition) is 1. The lowest BCUT2D eigenvalue weighted by Crippen LogP contribution is -1.95. The van der Waals surface area contributed by atoms with E-state index < -0.39 is 11.6 Å². The lowest BCUT2D eigenvalue weighted by atomic mass is 10.2. The number of aromatic nitrogens is 2. The van der Waals surface area contributed by atoms with Crippen LogP contribution in [-0.4, -0.2) is 9.55 Å². The Bertz CT molecular complexity index is 868. The van der Waals surface area contributed by atoms with Gasteiger partial charge in [0.05, 0.1) is 21.2 Å². The fraction of sp³-hybridized carbons (Fsp3) is 0. The highest BCUT2D eigenvalue weighted by Gasteiger charge is 2.11. The van der Waals surface area contributed by atoms with E-state index in [0.29, 0.717) is 26.0 Å². The van der Waals surface area contributed by atoms with Crippen LogP contribution >= 0.6 is 39.7 Å². The largest absolute Gasteiger partial charge is 0.330 e. The average molecular weight is 376 g/mol. The Balaban J connectivity index is 2.38. The summed E-state index contributed by atoms with van der Waals surface area (Å²) in [6.07, 6.45) is 0. The molecule has 0 saturated heterocycles. The first kappa shape index (κ1) is 13.7. The van der Waals surface area contributed by atoms with Gasteiger partial charge in [-0.1, -0.05) is 11.6 Å². The first-order valence-corrected chi connectivity index (χ1v) is 7.10. The van der Waals surface area contributed by atoms with E-state index in [9.17, 15) is 8.78 Å². The summed E-state index contributed by atoms with van der Waals surface area (Å²) in [7, 11) is 0. The molecule has 0 fully saturated rings. The van der Waals surface area contributed by atoms with E-state index in [1.807, 2.05) is 0 Å². The summed E-state index contributed by atoms with van der Waals surface area (Å²) >= 11 is 14.2. The summed E-state index contributed by atoms with van der Waals surface area (Å²) in [5.74, 6) is -0.872. The van der Waals surface area contributed by atoms with E-state index in [1.54, 1.807) is 16.7 Å². The maximum atomic E-state index is 13.5. The van der Waals surface area contributed by atoms with Crippen molar-refractivity contribution < 1.29 is 8.78 Å². The molecule has 0 aliphatic heterocycles. The summed E-state index contributed by atoms with van der Waals surface area (Å²) in [5, 5.41) is 0.262. The Labute approximate surface area is 131 Å². The number of nitrogens with one attached hydrogen (secondary N) is 1. The van der Waals surface area contributed by atoms with Crippen LogP contribution in [0, 0.1) is 16.4 Å². The molecule has 0 amide bonds. The molecule has 2 aromatic carbocycles. The molecule has 1 aromatic heterocycles. The molecule has 0 bridgehead atoms. The lowest BCUT2D eigenvalue weighted by Gasteiger charge is -2.06. The minimum Gasteiger partial charge on any atom is -0.330 e. The predicted octanol–water partition coefficient (Wildman–Crippen LogP) is 5.38. The number of halogens is 4. The van der Waals surface area contributed by atoms with Gasteiger partial charge in [-0.15, -0.1) is 0 Å². The normalized spacial score (nSPS) is 11.2. The number of imidazole rings is 1. The Morgan fingerprint density at radius 2 is 1.90 bits per heavy atom. The zero-order valence-corrected chi connectivity index (χ0v) is 12.9. The molecule has 0 spiro atoms. The Kier molecular flexibility index (Phi) is 3.40. The van der Waals surface area contributed by atoms with Gasteiger partial charge in [0, 0.05) is 11.1 Å². The van der Waals surface area contributed by atoms with Crippen LogP contribution in [0.2, 0.25) is 5.02 Å². The van der Waals surface area contributed by atoms with E-state index in [2.05, 4.69) is 20.9 Å². The molecule has 3 aromatic rings. The number of hydrogen-bond acceptors (Lipinski definition) is 1. The highest BCUT2D eigenvalue weighted by Crippen LogP contribution is 2.27. The Morgan fingerprint density at radius 3 is 2.60 bits per heavy atom. The molecule has 1 heterocycles. The highest BCUT2D eigenvalue weighted by molar-refractivity contribution is 9.10. The SMILES string of the molecule is Fc1cc(Cl)cc(-n2c(=S)[nH]c3cc(F)c(Br)cc32)c1. The molecule has 0 radical (unpaired) electrons. The molecule has 0 unspecified atom stereocenters. The molecule has 3 rings (SSSR count). The van der Waals surface area contributed by atoms with Gasteiger partial charge in [0.1, 0.15) is 11.6 Å². The highest BCUT2D eigenvalue weighted by atomic mass is 79.9. The maximum Gasteiger partial charge on any atom is 0.182 e. The number of rotatable bonds is 1. The fourth-order valence-electron chi connectivity index (χ4n) is 2.03. The van der Waals surface area contributed by atoms with Crippen LogP contribution in [0.3, 0.4) is 0 Å². The van der Waals surface area contributed by atoms with E-state index >= 15 is 0 Å². The zero-order valence-electron chi connectivity index (χ0n) is 9.75. The second-order valence-corrected chi connectivity index (χ2v) is 5.85. The van der Waals surface area contributed by atoms with Crippen molar-refractivity contribution in [3.8, 4) is 5.69 Å². The quantitative estimate of drug-likeness (QED) is 0.566. The second-order valence-electron chi connectivity index (χ2n) is 4.18. The van der Waals surface area contributed by atoms with Crippen molar-refractivity contribution in [2.75, 3.05) is 0 Å². The van der Waals surface area contributed by atoms with Crippen LogP contribution in [0.5, 0.6) is 0 Å². The van der Waals surface area contributed by atoms with E-state index in [4.69, 9.17) is 23.8 Å². The van der Waals surface area contributed by atoms with Gasteiger partial charge in [0.25, 0.3) is 0 Å². The molecule has 0 saturated carbocycles. The molecule has 20 heavy (non-hydrogen) atoms. The van der Waals surface area contributed by atoms with Gasteiger partial charge in [0.2, 0.25) is 0 Å². The summed E-state index contributed by atoms with van der Waals surface area (Å²) in [5.41, 5.74) is 1.63. The summed E-state index contributed by atoms with van der Waals surface area (Å²) < 4.78 is 29.2. The monoisotopic (exact) mass is 374 g/mol. The first-order chi connectivity index (χ1) is 9.45. The standard InChI is InChI=1S/C13H6BrClF2N2S/c14-9-4-12-11(5-10(9)17)18-13(20)19(12)8-2-6(15)1-7(16)3-8/h1-5H,(H,18,20). The van der Waals surface area contributed by atoms with Gasteiger partial charge in [-0.3, -0.25) is 4.57 Å². The smallest absolute Gasteiger partial charge is 0.182 e. The number of H-pyrrole nitrogens is 1. The average Bonchev–Trinajstić information content (AvgIpc) is 2.64. The van der Waals surface area contributed by atoms with Crippen LogP contribution in [-0.2, 0) is 0 Å². The van der Waals surface area contributed by atoms with Gasteiger partial charge in [-0.05, 0) is 52.4 Å². The topological polar surface area (TPSA) is 20.7 Å².